The number of nitrogens with one attached hydrogen (secondary N) is 2. The Balaban J connectivity index is 1.73. The molecule has 0 aromatic rings. The number of rotatable bonds is 8. The second-order valence-corrected chi connectivity index (χ2v) is 9.26. The molecule has 0 bridgehead atoms. The lowest BCUT2D eigenvalue weighted by molar-refractivity contribution is 0.316. The van der Waals surface area contributed by atoms with E-state index in [0.29, 0.717) is 12.1 Å². The van der Waals surface area contributed by atoms with Crippen molar-refractivity contribution in [3.8, 4) is 0 Å². The van der Waals surface area contributed by atoms with Crippen LogP contribution in [0.4, 0.5) is 0 Å². The van der Waals surface area contributed by atoms with Crippen molar-refractivity contribution in [2.24, 2.45) is 10.2 Å². The van der Waals surface area contributed by atoms with Gasteiger partial charge in [-0.2, -0.15) is 10.2 Å². The lowest BCUT2D eigenvalue weighted by Crippen LogP contribution is -2.42. The fourth-order valence-electron chi connectivity index (χ4n) is 3.74. The molecule has 0 amide bonds. The van der Waals surface area contributed by atoms with Crippen LogP contribution in [0.2, 0.25) is 0 Å². The predicted molar refractivity (Wildman–Crippen MR) is 103 cm³/mol. The number of nitrogens with zero attached hydrogens (tertiary/aromatic N) is 2. The molecular formula is C20H40N4. The van der Waals surface area contributed by atoms with Gasteiger partial charge in [0.2, 0.25) is 0 Å². The lowest BCUT2D eigenvalue weighted by atomic mass is 9.94. The summed E-state index contributed by atoms with van der Waals surface area (Å²) in [5.41, 5.74) is -0.251. The Bertz CT molecular complexity index is 341. The van der Waals surface area contributed by atoms with Crippen molar-refractivity contribution in [3.63, 3.8) is 0 Å². The third-order valence-electron chi connectivity index (χ3n) is 5.45. The molecule has 2 saturated carbocycles. The third kappa shape index (κ3) is 7.60. The normalized spacial score (nSPS) is 22.3. The van der Waals surface area contributed by atoms with Crippen LogP contribution >= 0.6 is 0 Å². The first-order chi connectivity index (χ1) is 11.4. The van der Waals surface area contributed by atoms with Crippen LogP contribution in [-0.4, -0.2) is 36.3 Å². The smallest absolute Gasteiger partial charge is 0.0883 e. The van der Waals surface area contributed by atoms with Crippen molar-refractivity contribution in [2.75, 3.05) is 13.1 Å². The van der Waals surface area contributed by atoms with E-state index in [-0.39, 0.29) is 11.1 Å². The highest BCUT2D eigenvalue weighted by Crippen LogP contribution is 2.21. The molecule has 2 N–H and O–H groups in total. The third-order valence-corrected chi connectivity index (χ3v) is 5.45. The molecule has 0 heterocycles. The fourth-order valence-corrected chi connectivity index (χ4v) is 3.74. The molecular weight excluding hydrogens is 296 g/mol. The molecule has 0 radical (unpaired) electrons. The number of hydrogen-bond acceptors (Lipinski definition) is 4. The highest BCUT2D eigenvalue weighted by Gasteiger charge is 2.24. The van der Waals surface area contributed by atoms with E-state index in [9.17, 15) is 0 Å². The van der Waals surface area contributed by atoms with Crippen LogP contribution in [0.3, 0.4) is 0 Å². The number of hydrogen-bond donors (Lipinski definition) is 2. The molecule has 2 aliphatic rings. The van der Waals surface area contributed by atoms with Crippen molar-refractivity contribution in [1.29, 1.82) is 0 Å². The molecule has 2 rings (SSSR count). The summed E-state index contributed by atoms with van der Waals surface area (Å²) in [6.45, 7) is 10.6. The summed E-state index contributed by atoms with van der Waals surface area (Å²) in [7, 11) is 0. The maximum Gasteiger partial charge on any atom is 0.0883 e. The zero-order valence-electron chi connectivity index (χ0n) is 16.5. The lowest BCUT2D eigenvalue weighted by Gasteiger charge is -2.29. The van der Waals surface area contributed by atoms with Gasteiger partial charge in [-0.25, -0.2) is 0 Å². The summed E-state index contributed by atoms with van der Waals surface area (Å²) in [4.78, 5) is 0. The first-order valence-corrected chi connectivity index (χ1v) is 10.3. The molecule has 0 aromatic heterocycles. The van der Waals surface area contributed by atoms with E-state index in [1.54, 1.807) is 0 Å². The van der Waals surface area contributed by atoms with Crippen LogP contribution in [0.1, 0.15) is 91.9 Å². The van der Waals surface area contributed by atoms with Crippen molar-refractivity contribution >= 4 is 0 Å². The van der Waals surface area contributed by atoms with E-state index in [2.05, 4.69) is 38.3 Å². The van der Waals surface area contributed by atoms with Gasteiger partial charge in [0.05, 0.1) is 11.1 Å². The van der Waals surface area contributed by atoms with Crippen molar-refractivity contribution in [1.82, 2.24) is 10.6 Å². The molecule has 4 heteroatoms. The molecule has 2 aliphatic carbocycles. The summed E-state index contributed by atoms with van der Waals surface area (Å²) in [6, 6.07) is 1.38. The van der Waals surface area contributed by atoms with E-state index >= 15 is 0 Å². The first kappa shape index (κ1) is 19.8. The Morgan fingerprint density at radius 3 is 1.29 bits per heavy atom. The molecule has 24 heavy (non-hydrogen) atoms. The highest BCUT2D eigenvalue weighted by molar-refractivity contribution is 4.86. The summed E-state index contributed by atoms with van der Waals surface area (Å²) in [6.07, 6.45) is 13.6. The van der Waals surface area contributed by atoms with E-state index in [1.807, 2.05) is 0 Å². The standard InChI is InChI=1S/C20H40N4/c1-19(2,15-21-17-11-7-5-8-12-17)23-24-20(3,4)16-22-18-13-9-6-10-14-18/h17-18,21-22H,5-16H2,1-4H3. The van der Waals surface area contributed by atoms with E-state index in [4.69, 9.17) is 10.2 Å². The van der Waals surface area contributed by atoms with Crippen LogP contribution in [0.25, 0.3) is 0 Å². The molecule has 0 unspecified atom stereocenters. The Labute approximate surface area is 149 Å². The minimum absolute atomic E-state index is 0.125. The van der Waals surface area contributed by atoms with Crippen LogP contribution in [0.5, 0.6) is 0 Å². The second-order valence-electron chi connectivity index (χ2n) is 9.26. The highest BCUT2D eigenvalue weighted by atomic mass is 15.2. The van der Waals surface area contributed by atoms with E-state index in [0.717, 1.165) is 13.1 Å². The van der Waals surface area contributed by atoms with Gasteiger partial charge in [0.15, 0.2) is 0 Å². The van der Waals surface area contributed by atoms with Crippen molar-refractivity contribution in [2.45, 2.75) is 115 Å². The van der Waals surface area contributed by atoms with Crippen LogP contribution in [0, 0.1) is 0 Å². The molecule has 0 atom stereocenters. The largest absolute Gasteiger partial charge is 0.312 e. The SMILES string of the molecule is CC(C)(CNC1CCCCC1)N=NC(C)(C)CNC1CCCCC1. The van der Waals surface area contributed by atoms with Gasteiger partial charge in [-0.15, -0.1) is 0 Å². The molecule has 2 fully saturated rings. The molecule has 140 valence electrons. The van der Waals surface area contributed by atoms with Gasteiger partial charge in [-0.1, -0.05) is 38.5 Å². The van der Waals surface area contributed by atoms with Gasteiger partial charge in [0.25, 0.3) is 0 Å². The maximum atomic E-state index is 4.70. The average Bonchev–Trinajstić information content (AvgIpc) is 2.59. The average molecular weight is 337 g/mol. The monoisotopic (exact) mass is 336 g/mol. The van der Waals surface area contributed by atoms with Gasteiger partial charge in [0, 0.05) is 25.2 Å². The van der Waals surface area contributed by atoms with Gasteiger partial charge in [-0.3, -0.25) is 0 Å². The Hall–Kier alpha value is -0.480. The predicted octanol–water partition coefficient (Wildman–Crippen LogP) is 4.84. The van der Waals surface area contributed by atoms with Gasteiger partial charge < -0.3 is 10.6 Å². The molecule has 0 spiro atoms. The Morgan fingerprint density at radius 1 is 0.625 bits per heavy atom. The minimum atomic E-state index is -0.125. The van der Waals surface area contributed by atoms with Gasteiger partial charge >= 0.3 is 0 Å². The van der Waals surface area contributed by atoms with Crippen LogP contribution < -0.4 is 10.6 Å². The second kappa shape index (κ2) is 9.28. The molecule has 4 nitrogen and oxygen atoms in total. The first-order valence-electron chi connectivity index (χ1n) is 10.3. The fraction of sp³-hybridized carbons (Fsp3) is 1.00. The van der Waals surface area contributed by atoms with Gasteiger partial charge in [-0.05, 0) is 53.4 Å². The van der Waals surface area contributed by atoms with Crippen LogP contribution in [-0.2, 0) is 0 Å². The Kier molecular flexibility index (Phi) is 7.67. The molecule has 0 aromatic carbocycles. The van der Waals surface area contributed by atoms with Crippen LogP contribution in [0.15, 0.2) is 10.2 Å². The van der Waals surface area contributed by atoms with E-state index in [1.165, 1.54) is 64.2 Å². The quantitative estimate of drug-likeness (QED) is 0.623. The van der Waals surface area contributed by atoms with E-state index < -0.39 is 0 Å². The van der Waals surface area contributed by atoms with Crippen molar-refractivity contribution in [3.05, 3.63) is 0 Å². The van der Waals surface area contributed by atoms with Gasteiger partial charge in [0.1, 0.15) is 0 Å². The summed E-state index contributed by atoms with van der Waals surface area (Å²) in [5, 5.41) is 16.8. The summed E-state index contributed by atoms with van der Waals surface area (Å²) < 4.78 is 0. The topological polar surface area (TPSA) is 48.8 Å². The van der Waals surface area contributed by atoms with Crippen molar-refractivity contribution < 1.29 is 0 Å². The maximum absolute atomic E-state index is 4.70. The summed E-state index contributed by atoms with van der Waals surface area (Å²) in [5.74, 6) is 0. The zero-order valence-corrected chi connectivity index (χ0v) is 16.5. The Morgan fingerprint density at radius 2 is 0.958 bits per heavy atom. The number of azo groups is 1. The minimum Gasteiger partial charge on any atom is -0.312 e. The zero-order chi connectivity index (χ0) is 17.5. The molecule has 0 saturated heterocycles. The molecule has 0 aliphatic heterocycles. The summed E-state index contributed by atoms with van der Waals surface area (Å²) >= 11 is 0.